The molecule has 1 aliphatic rings. The fourth-order valence-electron chi connectivity index (χ4n) is 3.02. The van der Waals surface area contributed by atoms with Crippen LogP contribution in [0.15, 0.2) is 22.0 Å². The van der Waals surface area contributed by atoms with E-state index in [1.807, 2.05) is 0 Å². The van der Waals surface area contributed by atoms with Gasteiger partial charge in [-0.2, -0.15) is 0 Å². The molecule has 2 aromatic heterocycles. The molecule has 0 aromatic carbocycles. The maximum Gasteiger partial charge on any atom is 0.165 e. The molecule has 3 rings (SSSR count). The Kier molecular flexibility index (Phi) is 3.41. The summed E-state index contributed by atoms with van der Waals surface area (Å²) in [4.78, 5) is 13.6. The normalized spacial score (nSPS) is 17.3. The number of carbonyl (C=O) groups excluding carboxylic acids is 1. The van der Waals surface area contributed by atoms with Crippen LogP contribution in [0.3, 0.4) is 0 Å². The molecule has 4 heteroatoms. The highest BCUT2D eigenvalue weighted by Crippen LogP contribution is 2.36. The highest BCUT2D eigenvalue weighted by Gasteiger charge is 2.33. The standard InChI is InChI=1S/C16H18BrNOS/c1-10-4-13-14(6-16(2,3)7-15(13)19)18(10)8-12-5-11(17)9-20-12/h4-5,9H,6-8H2,1-3H3. The van der Waals surface area contributed by atoms with E-state index in [4.69, 9.17) is 0 Å². The van der Waals surface area contributed by atoms with E-state index >= 15 is 0 Å². The van der Waals surface area contributed by atoms with E-state index in [0.717, 1.165) is 23.0 Å². The Hall–Kier alpha value is -0.870. The second kappa shape index (κ2) is 4.85. The Balaban J connectivity index is 2.02. The Labute approximate surface area is 131 Å². The summed E-state index contributed by atoms with van der Waals surface area (Å²) in [6, 6.07) is 4.22. The first-order chi connectivity index (χ1) is 9.35. The Morgan fingerprint density at radius 1 is 1.35 bits per heavy atom. The van der Waals surface area contributed by atoms with Crippen molar-refractivity contribution in [2.24, 2.45) is 5.41 Å². The lowest BCUT2D eigenvalue weighted by Gasteiger charge is -2.29. The molecule has 2 heterocycles. The van der Waals surface area contributed by atoms with Crippen molar-refractivity contribution in [1.82, 2.24) is 4.57 Å². The summed E-state index contributed by atoms with van der Waals surface area (Å²) in [5.41, 5.74) is 3.42. The number of hydrogen-bond donors (Lipinski definition) is 0. The molecule has 0 saturated heterocycles. The molecule has 2 nitrogen and oxygen atoms in total. The zero-order valence-electron chi connectivity index (χ0n) is 12.0. The summed E-state index contributed by atoms with van der Waals surface area (Å²) < 4.78 is 3.44. The van der Waals surface area contributed by atoms with Gasteiger partial charge in [0.1, 0.15) is 0 Å². The Morgan fingerprint density at radius 2 is 2.10 bits per heavy atom. The molecule has 1 aliphatic carbocycles. The van der Waals surface area contributed by atoms with Gasteiger partial charge in [0.15, 0.2) is 5.78 Å². The maximum atomic E-state index is 12.3. The van der Waals surface area contributed by atoms with Gasteiger partial charge in [0.25, 0.3) is 0 Å². The zero-order chi connectivity index (χ0) is 14.5. The minimum atomic E-state index is 0.0721. The molecule has 0 fully saturated rings. The summed E-state index contributed by atoms with van der Waals surface area (Å²) in [5.74, 6) is 0.297. The quantitative estimate of drug-likeness (QED) is 0.759. The number of Topliss-reactive ketones (excluding diaryl/α,β-unsaturated/α-hetero) is 1. The molecule has 0 bridgehead atoms. The monoisotopic (exact) mass is 351 g/mol. The van der Waals surface area contributed by atoms with Crippen LogP contribution in [0.25, 0.3) is 0 Å². The van der Waals surface area contributed by atoms with Crippen LogP contribution >= 0.6 is 27.3 Å². The van der Waals surface area contributed by atoms with Gasteiger partial charge in [-0.05, 0) is 46.8 Å². The van der Waals surface area contributed by atoms with E-state index in [2.05, 4.69) is 58.8 Å². The predicted molar refractivity (Wildman–Crippen MR) is 86.7 cm³/mol. The van der Waals surface area contributed by atoms with Crippen molar-refractivity contribution >= 4 is 33.0 Å². The van der Waals surface area contributed by atoms with Crippen LogP contribution in [-0.4, -0.2) is 10.4 Å². The van der Waals surface area contributed by atoms with Crippen molar-refractivity contribution in [1.29, 1.82) is 0 Å². The molecule has 0 aliphatic heterocycles. The molecule has 0 radical (unpaired) electrons. The maximum absolute atomic E-state index is 12.3. The van der Waals surface area contributed by atoms with E-state index in [-0.39, 0.29) is 5.41 Å². The van der Waals surface area contributed by atoms with Gasteiger partial charge >= 0.3 is 0 Å². The third kappa shape index (κ3) is 2.51. The predicted octanol–water partition coefficient (Wildman–Crippen LogP) is 4.82. The van der Waals surface area contributed by atoms with Crippen LogP contribution in [0.2, 0.25) is 0 Å². The molecule has 0 saturated carbocycles. The van der Waals surface area contributed by atoms with Gasteiger partial charge in [0.2, 0.25) is 0 Å². The van der Waals surface area contributed by atoms with Gasteiger partial charge < -0.3 is 4.57 Å². The lowest BCUT2D eigenvalue weighted by Crippen LogP contribution is -2.28. The average molecular weight is 352 g/mol. The lowest BCUT2D eigenvalue weighted by atomic mass is 9.76. The van der Waals surface area contributed by atoms with Crippen molar-refractivity contribution in [3.8, 4) is 0 Å². The molecule has 20 heavy (non-hydrogen) atoms. The second-order valence-electron chi connectivity index (χ2n) is 6.40. The van der Waals surface area contributed by atoms with Crippen molar-refractivity contribution in [3.05, 3.63) is 43.8 Å². The van der Waals surface area contributed by atoms with E-state index in [0.29, 0.717) is 12.2 Å². The van der Waals surface area contributed by atoms with Crippen molar-refractivity contribution < 1.29 is 4.79 Å². The first kappa shape index (κ1) is 14.1. The number of rotatable bonds is 2. The van der Waals surface area contributed by atoms with Crippen molar-refractivity contribution in [2.75, 3.05) is 0 Å². The van der Waals surface area contributed by atoms with Gasteiger partial charge in [0.05, 0.1) is 6.54 Å². The number of halogens is 1. The molecular formula is C16H18BrNOS. The SMILES string of the molecule is Cc1cc2c(n1Cc1cc(Br)cs1)CC(C)(C)CC2=O. The third-order valence-corrected chi connectivity index (χ3v) is 5.62. The van der Waals surface area contributed by atoms with E-state index in [9.17, 15) is 4.79 Å². The molecular weight excluding hydrogens is 334 g/mol. The molecule has 106 valence electrons. The van der Waals surface area contributed by atoms with Crippen LogP contribution in [0, 0.1) is 12.3 Å². The number of thiophene rings is 1. The van der Waals surface area contributed by atoms with Crippen molar-refractivity contribution in [3.63, 3.8) is 0 Å². The summed E-state index contributed by atoms with van der Waals surface area (Å²) in [6.07, 6.45) is 1.64. The first-order valence-electron chi connectivity index (χ1n) is 6.81. The van der Waals surface area contributed by atoms with Gasteiger partial charge in [-0.3, -0.25) is 4.79 Å². The minimum absolute atomic E-state index is 0.0721. The highest BCUT2D eigenvalue weighted by atomic mass is 79.9. The van der Waals surface area contributed by atoms with Crippen LogP contribution in [0.4, 0.5) is 0 Å². The number of fused-ring (bicyclic) bond motifs is 1. The van der Waals surface area contributed by atoms with Gasteiger partial charge in [-0.1, -0.05) is 13.8 Å². The average Bonchev–Trinajstić information content (AvgIpc) is 2.86. The van der Waals surface area contributed by atoms with Crippen LogP contribution in [-0.2, 0) is 13.0 Å². The number of nitrogens with zero attached hydrogens (tertiary/aromatic N) is 1. The van der Waals surface area contributed by atoms with Gasteiger partial charge in [-0.25, -0.2) is 0 Å². The molecule has 0 N–H and O–H groups in total. The van der Waals surface area contributed by atoms with Gasteiger partial charge in [0, 0.05) is 38.1 Å². The molecule has 0 amide bonds. The number of aromatic nitrogens is 1. The van der Waals surface area contributed by atoms with E-state index in [1.54, 1.807) is 11.3 Å². The molecule has 0 unspecified atom stereocenters. The van der Waals surface area contributed by atoms with Crippen LogP contribution in [0.1, 0.15) is 46.9 Å². The van der Waals surface area contributed by atoms with Crippen molar-refractivity contribution in [2.45, 2.75) is 40.2 Å². The van der Waals surface area contributed by atoms with E-state index in [1.165, 1.54) is 16.3 Å². The first-order valence-corrected chi connectivity index (χ1v) is 8.48. The zero-order valence-corrected chi connectivity index (χ0v) is 14.4. The lowest BCUT2D eigenvalue weighted by molar-refractivity contribution is 0.0910. The smallest absolute Gasteiger partial charge is 0.165 e. The third-order valence-electron chi connectivity index (χ3n) is 3.94. The van der Waals surface area contributed by atoms with Gasteiger partial charge in [-0.15, -0.1) is 11.3 Å². The Bertz CT molecular complexity index is 681. The largest absolute Gasteiger partial charge is 0.343 e. The number of ketones is 1. The topological polar surface area (TPSA) is 22.0 Å². The number of carbonyl (C=O) groups is 1. The minimum Gasteiger partial charge on any atom is -0.343 e. The summed E-state index contributed by atoms with van der Waals surface area (Å²) in [7, 11) is 0. The van der Waals surface area contributed by atoms with E-state index < -0.39 is 0 Å². The summed E-state index contributed by atoms with van der Waals surface area (Å²) in [6.45, 7) is 7.33. The fraction of sp³-hybridized carbons (Fsp3) is 0.438. The second-order valence-corrected chi connectivity index (χ2v) is 8.32. The molecule has 0 atom stereocenters. The number of hydrogen-bond acceptors (Lipinski definition) is 2. The highest BCUT2D eigenvalue weighted by molar-refractivity contribution is 9.10. The fourth-order valence-corrected chi connectivity index (χ4v) is 4.46. The summed E-state index contributed by atoms with van der Waals surface area (Å²) >= 11 is 5.26. The summed E-state index contributed by atoms with van der Waals surface area (Å²) in [5, 5.41) is 2.11. The molecule has 2 aromatic rings. The molecule has 0 spiro atoms. The Morgan fingerprint density at radius 3 is 2.75 bits per heavy atom. The number of aryl methyl sites for hydroxylation is 1. The van der Waals surface area contributed by atoms with Crippen LogP contribution < -0.4 is 0 Å². The van der Waals surface area contributed by atoms with Crippen LogP contribution in [0.5, 0.6) is 0 Å².